The summed E-state index contributed by atoms with van der Waals surface area (Å²) in [4.78, 5) is 13.1. The minimum Gasteiger partial charge on any atom is -0.461 e. The number of hydrogen-bond acceptors (Lipinski definition) is 4. The third kappa shape index (κ3) is 9.73. The Balaban J connectivity index is 1.29. The fraction of sp³-hybridized carbons (Fsp3) is 0.974. The number of nitrogens with zero attached hydrogens (tertiary/aromatic N) is 1. The number of fused-ring (bicyclic) bond motifs is 2. The lowest BCUT2D eigenvalue weighted by atomic mass is 9.69. The van der Waals surface area contributed by atoms with Crippen molar-refractivity contribution in [3.63, 3.8) is 0 Å². The lowest BCUT2D eigenvalue weighted by Gasteiger charge is -2.46. The molecule has 0 aromatic heterocycles. The maximum absolute atomic E-state index is 14.6. The lowest BCUT2D eigenvalue weighted by Crippen LogP contribution is -2.54. The molecule has 4 aliphatic rings. The number of carbonyl (C=O) groups is 1. The quantitative estimate of drug-likeness (QED) is 0.0715. The van der Waals surface area contributed by atoms with Gasteiger partial charge in [-0.2, -0.15) is 4.31 Å². The number of carbonyl (C=O) groups excluding carboxylic acids is 1. The Kier molecular flexibility index (Phi) is 15.1. The maximum Gasteiger partial charge on any atom is 0.320 e. The summed E-state index contributed by atoms with van der Waals surface area (Å²) in [5.41, 5.74) is -0.663. The minimum absolute atomic E-state index is 0.139. The summed E-state index contributed by atoms with van der Waals surface area (Å²) in [6.45, 7) is 6.80. The summed E-state index contributed by atoms with van der Waals surface area (Å²) in [5.74, 6) is 0.369. The summed E-state index contributed by atoms with van der Waals surface area (Å²) in [5, 5.41) is 0. The van der Waals surface area contributed by atoms with Crippen molar-refractivity contribution in [2.24, 2.45) is 16.7 Å². The number of rotatable bonds is 20. The van der Waals surface area contributed by atoms with Crippen LogP contribution in [0.25, 0.3) is 0 Å². The van der Waals surface area contributed by atoms with E-state index in [0.29, 0.717) is 5.92 Å². The topological polar surface area (TPSA) is 63.7 Å². The molecule has 7 heteroatoms. The predicted molar refractivity (Wildman–Crippen MR) is 191 cm³/mol. The number of halogens is 1. The molecule has 4 fully saturated rings. The van der Waals surface area contributed by atoms with Gasteiger partial charge in [0.25, 0.3) is 0 Å². The van der Waals surface area contributed by atoms with Crippen molar-refractivity contribution in [2.75, 3.05) is 5.75 Å². The van der Waals surface area contributed by atoms with Crippen molar-refractivity contribution < 1.29 is 17.9 Å². The van der Waals surface area contributed by atoms with Crippen LogP contribution in [-0.4, -0.2) is 47.5 Å². The van der Waals surface area contributed by atoms with E-state index in [1.807, 2.05) is 4.31 Å². The second-order valence-electron chi connectivity index (χ2n) is 16.1. The van der Waals surface area contributed by atoms with Crippen LogP contribution in [0.2, 0.25) is 0 Å². The van der Waals surface area contributed by atoms with E-state index in [1.165, 1.54) is 77.0 Å². The third-order valence-corrected chi connectivity index (χ3v) is 15.8. The van der Waals surface area contributed by atoms with Crippen LogP contribution in [0, 0.1) is 16.7 Å². The predicted octanol–water partition coefficient (Wildman–Crippen LogP) is 10.9. The van der Waals surface area contributed by atoms with E-state index in [0.717, 1.165) is 89.9 Å². The Morgan fingerprint density at radius 2 is 1.27 bits per heavy atom. The third-order valence-electron chi connectivity index (χ3n) is 12.8. The molecule has 4 saturated carbocycles. The van der Waals surface area contributed by atoms with Gasteiger partial charge in [-0.05, 0) is 62.7 Å². The van der Waals surface area contributed by atoms with Gasteiger partial charge in [0.2, 0.25) is 10.0 Å². The zero-order valence-electron chi connectivity index (χ0n) is 29.3. The molecule has 0 aliphatic heterocycles. The van der Waals surface area contributed by atoms with E-state index < -0.39 is 15.4 Å². The molecule has 0 N–H and O–H groups in total. The first-order valence-corrected chi connectivity index (χ1v) is 22.0. The molecule has 0 aromatic carbocycles. The Morgan fingerprint density at radius 3 is 1.76 bits per heavy atom. The molecule has 4 aliphatic carbocycles. The minimum atomic E-state index is -3.51. The van der Waals surface area contributed by atoms with Gasteiger partial charge in [0.1, 0.15) is 10.9 Å². The van der Waals surface area contributed by atoms with Crippen LogP contribution in [0.15, 0.2) is 0 Å². The number of unbranched alkanes of at least 4 members (excludes halogenated alkanes) is 11. The fourth-order valence-corrected chi connectivity index (χ4v) is 13.1. The van der Waals surface area contributed by atoms with Gasteiger partial charge in [-0.3, -0.25) is 4.79 Å². The van der Waals surface area contributed by atoms with Crippen molar-refractivity contribution >= 4 is 31.9 Å². The summed E-state index contributed by atoms with van der Waals surface area (Å²) < 4.78 is 37.7. The molecule has 262 valence electrons. The molecular weight excluding hydrogens is 646 g/mol. The maximum atomic E-state index is 14.6. The zero-order valence-corrected chi connectivity index (χ0v) is 31.7. The van der Waals surface area contributed by atoms with Crippen LogP contribution < -0.4 is 0 Å². The van der Waals surface area contributed by atoms with E-state index in [2.05, 4.69) is 36.7 Å². The first-order valence-electron chi connectivity index (χ1n) is 19.5. The molecule has 0 heterocycles. The highest BCUT2D eigenvalue weighted by Crippen LogP contribution is 2.67. The normalized spacial score (nSPS) is 28.1. The van der Waals surface area contributed by atoms with E-state index >= 15 is 0 Å². The lowest BCUT2D eigenvalue weighted by molar-refractivity contribution is -0.156. The van der Waals surface area contributed by atoms with Crippen LogP contribution >= 0.6 is 15.9 Å². The monoisotopic (exact) mass is 713 g/mol. The smallest absolute Gasteiger partial charge is 0.320 e. The number of sulfonamides is 1. The van der Waals surface area contributed by atoms with Crippen LogP contribution in [0.3, 0.4) is 0 Å². The van der Waals surface area contributed by atoms with Gasteiger partial charge in [0.15, 0.2) is 0 Å². The van der Waals surface area contributed by atoms with E-state index in [4.69, 9.17) is 4.74 Å². The van der Waals surface area contributed by atoms with Crippen LogP contribution in [-0.2, 0) is 19.6 Å². The molecular formula is C38H68BrNO4S. The highest BCUT2D eigenvalue weighted by Gasteiger charge is 2.67. The number of hydrogen-bond donors (Lipinski definition) is 0. The summed E-state index contributed by atoms with van der Waals surface area (Å²) in [7, 11) is -3.51. The van der Waals surface area contributed by atoms with Gasteiger partial charge in [0.05, 0.1) is 5.75 Å². The number of ether oxygens (including phenoxy) is 1. The first kappa shape index (κ1) is 37.7. The molecule has 0 amide bonds. The van der Waals surface area contributed by atoms with Crippen LogP contribution in [0.5, 0.6) is 0 Å². The summed E-state index contributed by atoms with van der Waals surface area (Å²) >= 11 is 3.67. The molecule has 5 nitrogen and oxygen atoms in total. The van der Waals surface area contributed by atoms with Gasteiger partial charge in [-0.15, -0.1) is 0 Å². The first-order chi connectivity index (χ1) is 21.6. The zero-order chi connectivity index (χ0) is 32.3. The number of alkyl halides is 1. The molecule has 45 heavy (non-hydrogen) atoms. The summed E-state index contributed by atoms with van der Waals surface area (Å²) in [6.07, 6.45) is 29.8. The van der Waals surface area contributed by atoms with Gasteiger partial charge >= 0.3 is 5.97 Å². The highest BCUT2D eigenvalue weighted by atomic mass is 79.9. The van der Waals surface area contributed by atoms with Gasteiger partial charge in [-0.25, -0.2) is 8.42 Å². The Bertz CT molecular complexity index is 972. The van der Waals surface area contributed by atoms with Gasteiger partial charge in [-0.1, -0.05) is 152 Å². The standard InChI is InChI=1S/C38H68BrNO4S/c1-4-5-6-7-8-9-10-11-12-13-14-21-26-34(39)36(41)44-35-29-31-27-28-38(35,37(31,2)3)30-45(42,43)40(32-22-17-15-18-23-32)33-24-19-16-20-25-33/h31-35H,4-30H2,1-3H3/t31-,34-,35-,38-/m0/s1. The second-order valence-corrected chi connectivity index (χ2v) is 19.1. The molecule has 0 unspecified atom stereocenters. The molecule has 4 rings (SSSR count). The van der Waals surface area contributed by atoms with Crippen molar-refractivity contribution in [1.82, 2.24) is 4.31 Å². The largest absolute Gasteiger partial charge is 0.461 e. The molecule has 0 radical (unpaired) electrons. The average molecular weight is 715 g/mol. The Morgan fingerprint density at radius 1 is 0.778 bits per heavy atom. The number of esters is 1. The molecule has 2 bridgehead atoms. The van der Waals surface area contributed by atoms with E-state index in [9.17, 15) is 13.2 Å². The summed E-state index contributed by atoms with van der Waals surface area (Å²) in [6, 6.07) is 0.293. The second kappa shape index (κ2) is 18.0. The fourth-order valence-electron chi connectivity index (χ4n) is 9.83. The average Bonchev–Trinajstić information content (AvgIpc) is 3.37. The van der Waals surface area contributed by atoms with Crippen molar-refractivity contribution in [2.45, 2.75) is 211 Å². The SMILES string of the molecule is CCCCCCCCCCCCCC[C@H](Br)C(=O)O[C@H]1C[C@@H]2CC[C@@]1(CS(=O)(=O)N(C1CCCCC1)C1CCCCC1)C2(C)C. The molecule has 0 spiro atoms. The Labute approximate surface area is 286 Å². The van der Waals surface area contributed by atoms with Gasteiger partial charge in [0, 0.05) is 17.5 Å². The highest BCUT2D eigenvalue weighted by molar-refractivity contribution is 9.10. The van der Waals surface area contributed by atoms with Crippen molar-refractivity contribution in [1.29, 1.82) is 0 Å². The van der Waals surface area contributed by atoms with Gasteiger partial charge < -0.3 is 4.74 Å². The van der Waals surface area contributed by atoms with E-state index in [-0.39, 0.29) is 40.2 Å². The van der Waals surface area contributed by atoms with Crippen LogP contribution in [0.1, 0.15) is 188 Å². The van der Waals surface area contributed by atoms with Crippen molar-refractivity contribution in [3.05, 3.63) is 0 Å². The molecule has 0 saturated heterocycles. The van der Waals surface area contributed by atoms with E-state index in [1.54, 1.807) is 0 Å². The molecule has 4 atom stereocenters. The molecule has 0 aromatic rings. The Hall–Kier alpha value is -0.140. The van der Waals surface area contributed by atoms with Crippen molar-refractivity contribution in [3.8, 4) is 0 Å². The van der Waals surface area contributed by atoms with Crippen LogP contribution in [0.4, 0.5) is 0 Å².